The standard InChI is InChI=1S/C21H38N4O4S/c1-5-30-21(2,3)17(24-20(28)29-4)19(27)25-13-15(22)11-16(25)18(26)23-12-14-9-7-6-8-10-14/h14-17H,5-13,22H2,1-4H3,(H,23,26)(H,24,28)/t15-,16+,17+/m1/s1. The van der Waals surface area contributed by atoms with Gasteiger partial charge in [-0.3, -0.25) is 9.59 Å². The molecule has 4 N–H and O–H groups in total. The highest BCUT2D eigenvalue weighted by atomic mass is 32.2. The van der Waals surface area contributed by atoms with Gasteiger partial charge in [0.2, 0.25) is 11.8 Å². The van der Waals surface area contributed by atoms with Crippen LogP contribution in [0.1, 0.15) is 59.3 Å². The molecule has 1 saturated heterocycles. The number of hydrogen-bond acceptors (Lipinski definition) is 6. The SMILES string of the molecule is CCSC(C)(C)[C@@H](NC(=O)OC)C(=O)N1C[C@H](N)C[C@H]1C(=O)NCC1CCCCC1. The van der Waals surface area contributed by atoms with E-state index in [1.54, 1.807) is 16.7 Å². The van der Waals surface area contributed by atoms with Crippen LogP contribution >= 0.6 is 11.8 Å². The first kappa shape index (κ1) is 24.8. The van der Waals surface area contributed by atoms with E-state index in [-0.39, 0.29) is 17.9 Å². The third kappa shape index (κ3) is 6.51. The Kier molecular flexibility index (Phi) is 9.28. The van der Waals surface area contributed by atoms with E-state index < -0.39 is 22.9 Å². The van der Waals surface area contributed by atoms with Crippen molar-refractivity contribution in [3.8, 4) is 0 Å². The van der Waals surface area contributed by atoms with Crippen LogP contribution in [-0.2, 0) is 14.3 Å². The fourth-order valence-corrected chi connectivity index (χ4v) is 5.52. The molecular weight excluding hydrogens is 404 g/mol. The molecule has 172 valence electrons. The third-order valence-corrected chi connectivity index (χ3v) is 7.38. The van der Waals surface area contributed by atoms with Crippen molar-refractivity contribution >= 4 is 29.7 Å². The number of methoxy groups -OCH3 is 1. The number of ether oxygens (including phenoxy) is 1. The summed E-state index contributed by atoms with van der Waals surface area (Å²) in [7, 11) is 1.27. The van der Waals surface area contributed by atoms with Crippen molar-refractivity contribution < 1.29 is 19.1 Å². The molecule has 8 nitrogen and oxygen atoms in total. The Labute approximate surface area is 184 Å². The van der Waals surface area contributed by atoms with Crippen LogP contribution in [0.3, 0.4) is 0 Å². The smallest absolute Gasteiger partial charge is 0.407 e. The summed E-state index contributed by atoms with van der Waals surface area (Å²) in [6.45, 7) is 6.77. The van der Waals surface area contributed by atoms with Crippen LogP contribution in [0.25, 0.3) is 0 Å². The minimum Gasteiger partial charge on any atom is -0.453 e. The van der Waals surface area contributed by atoms with Crippen LogP contribution in [0.2, 0.25) is 0 Å². The van der Waals surface area contributed by atoms with Crippen LogP contribution in [0, 0.1) is 5.92 Å². The molecule has 2 rings (SSSR count). The minimum atomic E-state index is -0.825. The van der Waals surface area contributed by atoms with E-state index >= 15 is 0 Å². The van der Waals surface area contributed by atoms with Gasteiger partial charge in [0, 0.05) is 23.9 Å². The number of likely N-dealkylation sites (tertiary alicyclic amines) is 1. The molecular formula is C21H38N4O4S. The Morgan fingerprint density at radius 3 is 2.50 bits per heavy atom. The molecule has 0 spiro atoms. The summed E-state index contributed by atoms with van der Waals surface area (Å²) >= 11 is 1.57. The summed E-state index contributed by atoms with van der Waals surface area (Å²) in [4.78, 5) is 39.9. The largest absolute Gasteiger partial charge is 0.453 e. The first-order valence-electron chi connectivity index (χ1n) is 11.0. The van der Waals surface area contributed by atoms with Crippen LogP contribution in [-0.4, -0.2) is 71.6 Å². The molecule has 0 bridgehead atoms. The van der Waals surface area contributed by atoms with E-state index in [0.29, 0.717) is 25.4 Å². The lowest BCUT2D eigenvalue weighted by molar-refractivity contribution is -0.140. The summed E-state index contributed by atoms with van der Waals surface area (Å²) in [6, 6.07) is -1.70. The molecule has 0 aromatic carbocycles. The number of thioether (sulfide) groups is 1. The topological polar surface area (TPSA) is 114 Å². The molecule has 1 aliphatic heterocycles. The summed E-state index contributed by atoms with van der Waals surface area (Å²) < 4.78 is 4.16. The first-order valence-corrected chi connectivity index (χ1v) is 12.0. The molecule has 1 aliphatic carbocycles. The van der Waals surface area contributed by atoms with Gasteiger partial charge in [-0.05, 0) is 44.8 Å². The molecule has 3 amide bonds. The highest BCUT2D eigenvalue weighted by Gasteiger charge is 2.45. The number of nitrogens with one attached hydrogen (secondary N) is 2. The van der Waals surface area contributed by atoms with E-state index in [4.69, 9.17) is 10.5 Å². The number of rotatable bonds is 8. The molecule has 1 saturated carbocycles. The Bertz CT molecular complexity index is 610. The minimum absolute atomic E-state index is 0.153. The zero-order valence-electron chi connectivity index (χ0n) is 18.7. The van der Waals surface area contributed by atoms with Crippen molar-refractivity contribution in [1.82, 2.24) is 15.5 Å². The number of nitrogens with two attached hydrogens (primary N) is 1. The fourth-order valence-electron chi connectivity index (χ4n) is 4.45. The maximum absolute atomic E-state index is 13.5. The lowest BCUT2D eigenvalue weighted by Gasteiger charge is -2.36. The number of nitrogens with zero attached hydrogens (tertiary/aromatic N) is 1. The monoisotopic (exact) mass is 442 g/mol. The van der Waals surface area contributed by atoms with Gasteiger partial charge in [-0.15, -0.1) is 0 Å². The third-order valence-electron chi connectivity index (χ3n) is 6.11. The highest BCUT2D eigenvalue weighted by molar-refractivity contribution is 8.00. The molecule has 2 aliphatic rings. The van der Waals surface area contributed by atoms with E-state index in [1.165, 1.54) is 26.4 Å². The molecule has 1 heterocycles. The number of carbonyl (C=O) groups excluding carboxylic acids is 3. The van der Waals surface area contributed by atoms with Gasteiger partial charge in [0.25, 0.3) is 0 Å². The van der Waals surface area contributed by atoms with Crippen molar-refractivity contribution in [3.63, 3.8) is 0 Å². The van der Waals surface area contributed by atoms with Gasteiger partial charge >= 0.3 is 6.09 Å². The van der Waals surface area contributed by atoms with Crippen LogP contribution in [0.4, 0.5) is 4.79 Å². The molecule has 0 aromatic heterocycles. The van der Waals surface area contributed by atoms with Crippen molar-refractivity contribution in [2.75, 3.05) is 26.0 Å². The zero-order valence-corrected chi connectivity index (χ0v) is 19.6. The zero-order chi connectivity index (χ0) is 22.3. The van der Waals surface area contributed by atoms with Crippen molar-refractivity contribution in [2.24, 2.45) is 11.7 Å². The molecule has 30 heavy (non-hydrogen) atoms. The Balaban J connectivity index is 2.11. The predicted octanol–water partition coefficient (Wildman–Crippen LogP) is 1.87. The lowest BCUT2D eigenvalue weighted by Crippen LogP contribution is -2.60. The molecule has 3 atom stereocenters. The van der Waals surface area contributed by atoms with E-state index in [9.17, 15) is 14.4 Å². The van der Waals surface area contributed by atoms with Gasteiger partial charge in [-0.25, -0.2) is 4.79 Å². The van der Waals surface area contributed by atoms with Gasteiger partial charge in [0.1, 0.15) is 12.1 Å². The molecule has 0 radical (unpaired) electrons. The average molecular weight is 443 g/mol. The van der Waals surface area contributed by atoms with Crippen molar-refractivity contribution in [1.29, 1.82) is 0 Å². The van der Waals surface area contributed by atoms with Crippen molar-refractivity contribution in [3.05, 3.63) is 0 Å². The number of hydrogen-bond donors (Lipinski definition) is 3. The number of carbonyl (C=O) groups is 3. The summed E-state index contributed by atoms with van der Waals surface area (Å²) in [6.07, 6.45) is 5.73. The lowest BCUT2D eigenvalue weighted by atomic mass is 9.89. The maximum Gasteiger partial charge on any atom is 0.407 e. The Hall–Kier alpha value is -1.48. The van der Waals surface area contributed by atoms with Gasteiger partial charge in [0.15, 0.2) is 0 Å². The Morgan fingerprint density at radius 2 is 1.90 bits per heavy atom. The van der Waals surface area contributed by atoms with Gasteiger partial charge in [-0.1, -0.05) is 26.2 Å². The fraction of sp³-hybridized carbons (Fsp3) is 0.857. The van der Waals surface area contributed by atoms with E-state index in [1.807, 2.05) is 20.8 Å². The molecule has 0 unspecified atom stereocenters. The number of alkyl carbamates (subject to hydrolysis) is 1. The summed E-state index contributed by atoms with van der Waals surface area (Å²) in [5.41, 5.74) is 6.13. The van der Waals surface area contributed by atoms with Crippen molar-refractivity contribution in [2.45, 2.75) is 82.2 Å². The van der Waals surface area contributed by atoms with Gasteiger partial charge < -0.3 is 26.0 Å². The second kappa shape index (κ2) is 11.2. The number of amides is 3. The average Bonchev–Trinajstić information content (AvgIpc) is 3.12. The summed E-state index contributed by atoms with van der Waals surface area (Å²) in [5.74, 6) is 0.845. The van der Waals surface area contributed by atoms with Crippen LogP contribution in [0.5, 0.6) is 0 Å². The Morgan fingerprint density at radius 1 is 1.23 bits per heavy atom. The second-order valence-electron chi connectivity index (χ2n) is 8.86. The summed E-state index contributed by atoms with van der Waals surface area (Å²) in [5, 5.41) is 5.73. The molecule has 9 heteroatoms. The van der Waals surface area contributed by atoms with Crippen LogP contribution in [0.15, 0.2) is 0 Å². The normalized spacial score (nSPS) is 23.7. The second-order valence-corrected chi connectivity index (χ2v) is 10.8. The highest BCUT2D eigenvalue weighted by Crippen LogP contribution is 2.31. The van der Waals surface area contributed by atoms with Gasteiger partial charge in [0.05, 0.1) is 7.11 Å². The first-order chi connectivity index (χ1) is 14.2. The van der Waals surface area contributed by atoms with E-state index in [0.717, 1.165) is 18.6 Å². The molecule has 0 aromatic rings. The maximum atomic E-state index is 13.5. The predicted molar refractivity (Wildman–Crippen MR) is 119 cm³/mol. The van der Waals surface area contributed by atoms with E-state index in [2.05, 4.69) is 10.6 Å². The quantitative estimate of drug-likeness (QED) is 0.529. The van der Waals surface area contributed by atoms with Gasteiger partial charge in [-0.2, -0.15) is 11.8 Å². The van der Waals surface area contributed by atoms with Crippen LogP contribution < -0.4 is 16.4 Å². The molecule has 2 fully saturated rings.